The number of ether oxygens (including phenoxy) is 1. The number of carbonyl (C=O) groups excluding carboxylic acids is 1. The lowest BCUT2D eigenvalue weighted by atomic mass is 9.95. The van der Waals surface area contributed by atoms with Gasteiger partial charge in [-0.25, -0.2) is 14.4 Å². The van der Waals surface area contributed by atoms with Crippen LogP contribution in [0, 0.1) is 11.7 Å². The van der Waals surface area contributed by atoms with E-state index in [2.05, 4.69) is 30.2 Å². The third-order valence-corrected chi connectivity index (χ3v) is 6.55. The summed E-state index contributed by atoms with van der Waals surface area (Å²) in [6.07, 6.45) is 4.65. The molecule has 36 heavy (non-hydrogen) atoms. The van der Waals surface area contributed by atoms with E-state index in [1.54, 1.807) is 24.4 Å². The first-order valence-electron chi connectivity index (χ1n) is 12.4. The number of anilines is 1. The predicted octanol–water partition coefficient (Wildman–Crippen LogP) is 3.27. The van der Waals surface area contributed by atoms with Gasteiger partial charge in [-0.2, -0.15) is 0 Å². The Bertz CT molecular complexity index is 1350. The number of fused-ring (bicyclic) bond motifs is 2. The van der Waals surface area contributed by atoms with Gasteiger partial charge in [0.25, 0.3) is 0 Å². The van der Waals surface area contributed by atoms with Crippen molar-refractivity contribution < 1.29 is 13.9 Å². The quantitative estimate of drug-likeness (QED) is 0.307. The molecule has 0 radical (unpaired) electrons. The van der Waals surface area contributed by atoms with Gasteiger partial charge in [0.15, 0.2) is 5.82 Å². The number of nitrogens with zero attached hydrogens (tertiary/aromatic N) is 4. The molecule has 3 aromatic heterocycles. The molecule has 10 heteroatoms. The van der Waals surface area contributed by atoms with Gasteiger partial charge < -0.3 is 25.7 Å². The van der Waals surface area contributed by atoms with E-state index in [9.17, 15) is 9.18 Å². The summed E-state index contributed by atoms with van der Waals surface area (Å²) < 4.78 is 19.5. The summed E-state index contributed by atoms with van der Waals surface area (Å²) in [6.45, 7) is 3.49. The molecule has 1 saturated heterocycles. The molecule has 4 aromatic rings. The maximum absolute atomic E-state index is 13.9. The molecule has 0 bridgehead atoms. The Morgan fingerprint density at radius 1 is 1.17 bits per heavy atom. The number of piperidine rings is 1. The van der Waals surface area contributed by atoms with Crippen LogP contribution in [0.3, 0.4) is 0 Å². The molecule has 1 aliphatic heterocycles. The maximum atomic E-state index is 13.9. The second kappa shape index (κ2) is 11.0. The van der Waals surface area contributed by atoms with Crippen molar-refractivity contribution in [3.63, 3.8) is 0 Å². The fourth-order valence-electron chi connectivity index (χ4n) is 4.53. The number of hydrogen-bond acceptors (Lipinski definition) is 7. The highest BCUT2D eigenvalue weighted by Crippen LogP contribution is 2.25. The Kier molecular flexibility index (Phi) is 7.33. The number of amides is 1. The third-order valence-electron chi connectivity index (χ3n) is 6.55. The number of aromatic nitrogens is 4. The number of benzene rings is 1. The number of nitrogens with two attached hydrogens (primary N) is 1. The van der Waals surface area contributed by atoms with E-state index in [0.29, 0.717) is 53.2 Å². The molecule has 0 atom stereocenters. The number of imidazole rings is 1. The van der Waals surface area contributed by atoms with Crippen LogP contribution in [0.25, 0.3) is 22.1 Å². The van der Waals surface area contributed by atoms with Crippen LogP contribution in [0.5, 0.6) is 5.88 Å². The molecule has 4 heterocycles. The Labute approximate surface area is 208 Å². The number of H-pyrrole nitrogens is 1. The average Bonchev–Trinajstić information content (AvgIpc) is 3.33. The van der Waals surface area contributed by atoms with Gasteiger partial charge in [-0.05, 0) is 63.2 Å². The largest absolute Gasteiger partial charge is 0.478 e. The summed E-state index contributed by atoms with van der Waals surface area (Å²) >= 11 is 0. The van der Waals surface area contributed by atoms with Crippen LogP contribution in [-0.4, -0.2) is 63.5 Å². The van der Waals surface area contributed by atoms with Crippen molar-refractivity contribution in [3.05, 3.63) is 54.2 Å². The monoisotopic (exact) mass is 491 g/mol. The van der Waals surface area contributed by atoms with Gasteiger partial charge in [0.2, 0.25) is 11.8 Å². The summed E-state index contributed by atoms with van der Waals surface area (Å²) in [7, 11) is 0. The molecule has 0 unspecified atom stereocenters. The van der Waals surface area contributed by atoms with Gasteiger partial charge in [0, 0.05) is 31.1 Å². The smallest absolute Gasteiger partial charge is 0.227 e. The molecule has 0 aliphatic carbocycles. The van der Waals surface area contributed by atoms with Gasteiger partial charge in [-0.15, -0.1) is 0 Å². The number of likely N-dealkylation sites (tertiary alicyclic amines) is 1. The summed E-state index contributed by atoms with van der Waals surface area (Å²) in [5.41, 5.74) is 8.56. The molecule has 1 amide bonds. The van der Waals surface area contributed by atoms with E-state index in [1.165, 1.54) is 6.07 Å². The normalized spacial score (nSPS) is 14.9. The maximum Gasteiger partial charge on any atom is 0.227 e. The Hall–Kier alpha value is -3.63. The highest BCUT2D eigenvalue weighted by molar-refractivity contribution is 6.00. The van der Waals surface area contributed by atoms with E-state index in [-0.39, 0.29) is 17.6 Å². The minimum Gasteiger partial charge on any atom is -0.478 e. The van der Waals surface area contributed by atoms with Crippen molar-refractivity contribution in [3.8, 4) is 5.88 Å². The molecule has 0 saturated carbocycles. The summed E-state index contributed by atoms with van der Waals surface area (Å²) in [5, 5.41) is 3.06. The number of nitrogens with one attached hydrogen (secondary N) is 2. The number of hydrogen-bond donors (Lipinski definition) is 3. The lowest BCUT2D eigenvalue weighted by molar-refractivity contribution is -0.121. The zero-order valence-corrected chi connectivity index (χ0v) is 20.0. The van der Waals surface area contributed by atoms with Crippen LogP contribution >= 0.6 is 0 Å². The standard InChI is InChI=1S/C26H30FN7O2/c27-18-3-1-4-20-24(18)32-22(30-20)10-15-34-13-8-17(9-14-34)26(35)31-21-7-12-29-19-5-6-23(33-25(19)21)36-16-2-11-28/h1,3-7,12,17H,2,8-11,13-16,28H2,(H,30,32)(H,29,31,35). The number of carbonyl (C=O) groups is 1. The number of halogens is 1. The van der Waals surface area contributed by atoms with Gasteiger partial charge >= 0.3 is 0 Å². The third kappa shape index (κ3) is 5.44. The molecule has 5 rings (SSSR count). The van der Waals surface area contributed by atoms with E-state index < -0.39 is 0 Å². The van der Waals surface area contributed by atoms with E-state index >= 15 is 0 Å². The van der Waals surface area contributed by atoms with Gasteiger partial charge in [0.1, 0.15) is 16.9 Å². The zero-order valence-electron chi connectivity index (χ0n) is 20.0. The highest BCUT2D eigenvalue weighted by atomic mass is 19.1. The number of rotatable bonds is 9. The topological polar surface area (TPSA) is 122 Å². The van der Waals surface area contributed by atoms with Crippen LogP contribution in [0.15, 0.2) is 42.6 Å². The number of pyridine rings is 2. The molecular formula is C26H30FN7O2. The first kappa shape index (κ1) is 24.1. The van der Waals surface area contributed by atoms with Crippen molar-refractivity contribution in [1.82, 2.24) is 24.8 Å². The summed E-state index contributed by atoms with van der Waals surface area (Å²) in [6, 6.07) is 10.3. The fraction of sp³-hybridized carbons (Fsp3) is 0.385. The minimum atomic E-state index is -0.311. The molecule has 9 nitrogen and oxygen atoms in total. The zero-order chi connectivity index (χ0) is 24.9. The van der Waals surface area contributed by atoms with Crippen LogP contribution in [-0.2, 0) is 11.2 Å². The average molecular weight is 492 g/mol. The van der Waals surface area contributed by atoms with Gasteiger partial charge in [-0.1, -0.05) is 6.07 Å². The van der Waals surface area contributed by atoms with Crippen molar-refractivity contribution in [1.29, 1.82) is 0 Å². The van der Waals surface area contributed by atoms with Crippen molar-refractivity contribution in [2.45, 2.75) is 25.7 Å². The van der Waals surface area contributed by atoms with Crippen LogP contribution < -0.4 is 15.8 Å². The number of para-hydroxylation sites is 1. The molecule has 1 aliphatic rings. The van der Waals surface area contributed by atoms with Crippen molar-refractivity contribution >= 4 is 33.7 Å². The molecule has 1 aromatic carbocycles. The molecule has 0 spiro atoms. The van der Waals surface area contributed by atoms with Crippen LogP contribution in [0.2, 0.25) is 0 Å². The molecule has 1 fully saturated rings. The molecule has 4 N–H and O–H groups in total. The fourth-order valence-corrected chi connectivity index (χ4v) is 4.53. The van der Waals surface area contributed by atoms with E-state index in [0.717, 1.165) is 44.7 Å². The predicted molar refractivity (Wildman–Crippen MR) is 136 cm³/mol. The van der Waals surface area contributed by atoms with E-state index in [1.807, 2.05) is 12.1 Å². The summed E-state index contributed by atoms with van der Waals surface area (Å²) in [5.74, 6) is 0.868. The first-order chi connectivity index (χ1) is 17.6. The Balaban J connectivity index is 1.15. The lowest BCUT2D eigenvalue weighted by Crippen LogP contribution is -2.39. The molecular weight excluding hydrogens is 461 g/mol. The first-order valence-corrected chi connectivity index (χ1v) is 12.4. The van der Waals surface area contributed by atoms with Crippen LogP contribution in [0.1, 0.15) is 25.1 Å². The van der Waals surface area contributed by atoms with Gasteiger partial charge in [-0.3, -0.25) is 9.78 Å². The Morgan fingerprint density at radius 3 is 2.83 bits per heavy atom. The summed E-state index contributed by atoms with van der Waals surface area (Å²) in [4.78, 5) is 31.9. The second-order valence-corrected chi connectivity index (χ2v) is 9.04. The van der Waals surface area contributed by atoms with Crippen molar-refractivity contribution in [2.75, 3.05) is 38.1 Å². The van der Waals surface area contributed by atoms with Gasteiger partial charge in [0.05, 0.1) is 23.3 Å². The lowest BCUT2D eigenvalue weighted by Gasteiger charge is -2.31. The molecule has 188 valence electrons. The second-order valence-electron chi connectivity index (χ2n) is 9.04. The highest BCUT2D eigenvalue weighted by Gasteiger charge is 2.25. The minimum absolute atomic E-state index is 0.00818. The van der Waals surface area contributed by atoms with Crippen LogP contribution in [0.4, 0.5) is 10.1 Å². The number of aromatic amines is 1. The Morgan fingerprint density at radius 2 is 2.03 bits per heavy atom. The van der Waals surface area contributed by atoms with Crippen molar-refractivity contribution in [2.24, 2.45) is 11.7 Å². The SMILES string of the molecule is NCCCOc1ccc2nccc(NC(=O)C3CCN(CCc4nc5c(F)cccc5[nH]4)CC3)c2n1. The van der Waals surface area contributed by atoms with E-state index in [4.69, 9.17) is 10.5 Å².